The Hall–Kier alpha value is -2.72. The van der Waals surface area contributed by atoms with Crippen molar-refractivity contribution in [3.63, 3.8) is 0 Å². The molecule has 4 rings (SSSR count). The third-order valence-corrected chi connectivity index (χ3v) is 7.53. The Labute approximate surface area is 160 Å². The fraction of sp³-hybridized carbons (Fsp3) is 0.389. The van der Waals surface area contributed by atoms with Crippen LogP contribution in [0.1, 0.15) is 24.2 Å². The maximum absolute atomic E-state index is 12.8. The van der Waals surface area contributed by atoms with Gasteiger partial charge in [-0.15, -0.1) is 0 Å². The van der Waals surface area contributed by atoms with E-state index in [2.05, 4.69) is 0 Å². The first-order chi connectivity index (χ1) is 13.1. The van der Waals surface area contributed by atoms with Crippen LogP contribution in [-0.4, -0.2) is 64.3 Å². The number of benzene rings is 1. The van der Waals surface area contributed by atoms with Crippen molar-refractivity contribution in [3.05, 3.63) is 41.1 Å². The van der Waals surface area contributed by atoms with Gasteiger partial charge in [-0.05, 0) is 24.6 Å². The molecule has 2 N–H and O–H groups in total. The highest BCUT2D eigenvalue weighted by molar-refractivity contribution is 7.90. The zero-order valence-electron chi connectivity index (χ0n) is 15.1. The summed E-state index contributed by atoms with van der Waals surface area (Å²) >= 11 is 0. The van der Waals surface area contributed by atoms with Crippen molar-refractivity contribution < 1.29 is 33.0 Å². The molecular formula is C18H18N2O7S. The molecule has 0 radical (unpaired) electrons. The Morgan fingerprint density at radius 3 is 2.46 bits per heavy atom. The van der Waals surface area contributed by atoms with Crippen LogP contribution < -0.4 is 0 Å². The average Bonchev–Trinajstić information content (AvgIpc) is 2.97. The number of carbonyl (C=O) groups is 3. The highest BCUT2D eigenvalue weighted by Crippen LogP contribution is 2.48. The number of amides is 2. The van der Waals surface area contributed by atoms with Gasteiger partial charge in [0.05, 0.1) is 30.2 Å². The fourth-order valence-corrected chi connectivity index (χ4v) is 5.94. The van der Waals surface area contributed by atoms with Crippen LogP contribution in [-0.2, 0) is 19.6 Å². The highest BCUT2D eigenvalue weighted by Gasteiger charge is 2.60. The minimum absolute atomic E-state index is 0.0341. The van der Waals surface area contributed by atoms with Crippen molar-refractivity contribution in [2.24, 2.45) is 11.8 Å². The van der Waals surface area contributed by atoms with Crippen molar-refractivity contribution in [3.8, 4) is 0 Å². The summed E-state index contributed by atoms with van der Waals surface area (Å²) in [6.45, 7) is 2.67. The van der Waals surface area contributed by atoms with Crippen LogP contribution in [0.5, 0.6) is 0 Å². The molecule has 148 valence electrons. The monoisotopic (exact) mass is 406 g/mol. The summed E-state index contributed by atoms with van der Waals surface area (Å²) in [4.78, 5) is 37.8. The molecule has 3 heterocycles. The zero-order valence-corrected chi connectivity index (χ0v) is 15.9. The predicted octanol–water partition coefficient (Wildman–Crippen LogP) is 0.0273. The SMILES string of the molecule is C[C@@H](O)[C@H]1C(=O)N2C(C(=O)O)=C(CN3C(=O)c4ccccc4S3(=O)=O)[C@H](C)[C@H]12. The van der Waals surface area contributed by atoms with Crippen molar-refractivity contribution in [1.82, 2.24) is 9.21 Å². The minimum atomic E-state index is -4.11. The molecule has 0 spiro atoms. The summed E-state index contributed by atoms with van der Waals surface area (Å²) in [6.07, 6.45) is -0.966. The van der Waals surface area contributed by atoms with Gasteiger partial charge in [-0.25, -0.2) is 17.5 Å². The molecule has 0 aromatic heterocycles. The molecule has 1 fully saturated rings. The van der Waals surface area contributed by atoms with Gasteiger partial charge in [0.1, 0.15) is 10.6 Å². The molecule has 0 bridgehead atoms. The minimum Gasteiger partial charge on any atom is -0.477 e. The molecular weight excluding hydrogens is 388 g/mol. The second kappa shape index (κ2) is 5.89. The number of hydrogen-bond donors (Lipinski definition) is 2. The zero-order chi connectivity index (χ0) is 20.5. The Balaban J connectivity index is 1.75. The number of fused-ring (bicyclic) bond motifs is 2. The van der Waals surface area contributed by atoms with Gasteiger partial charge in [-0.3, -0.25) is 9.59 Å². The summed E-state index contributed by atoms with van der Waals surface area (Å²) in [5.74, 6) is -3.89. The number of β-lactam (4-membered cyclic amide) rings is 1. The lowest BCUT2D eigenvalue weighted by atomic mass is 9.78. The lowest BCUT2D eigenvalue weighted by Gasteiger charge is -2.46. The van der Waals surface area contributed by atoms with Gasteiger partial charge in [0.15, 0.2) is 0 Å². The topological polar surface area (TPSA) is 132 Å². The molecule has 1 saturated heterocycles. The third kappa shape index (κ3) is 2.21. The summed E-state index contributed by atoms with van der Waals surface area (Å²) in [5.41, 5.74) is -0.0936. The smallest absolute Gasteiger partial charge is 0.352 e. The molecule has 0 saturated carbocycles. The van der Waals surface area contributed by atoms with E-state index in [4.69, 9.17) is 0 Å². The number of sulfonamides is 1. The van der Waals surface area contributed by atoms with E-state index >= 15 is 0 Å². The first-order valence-corrected chi connectivity index (χ1v) is 10.2. The van der Waals surface area contributed by atoms with Gasteiger partial charge in [0.2, 0.25) is 5.91 Å². The number of carbonyl (C=O) groups excluding carboxylic acids is 2. The molecule has 4 atom stereocenters. The molecule has 9 nitrogen and oxygen atoms in total. The van der Waals surface area contributed by atoms with E-state index in [1.54, 1.807) is 13.0 Å². The van der Waals surface area contributed by atoms with Gasteiger partial charge in [0.25, 0.3) is 15.9 Å². The molecule has 3 aliphatic heterocycles. The molecule has 3 aliphatic rings. The van der Waals surface area contributed by atoms with E-state index in [-0.39, 0.29) is 21.7 Å². The molecule has 1 aromatic rings. The number of aliphatic hydroxyl groups excluding tert-OH is 1. The summed E-state index contributed by atoms with van der Waals surface area (Å²) in [7, 11) is -4.11. The third-order valence-electron chi connectivity index (χ3n) is 5.74. The van der Waals surface area contributed by atoms with Gasteiger partial charge in [0, 0.05) is 5.92 Å². The molecule has 0 aliphatic carbocycles. The number of nitrogens with zero attached hydrogens (tertiary/aromatic N) is 2. The second-order valence-corrected chi connectivity index (χ2v) is 9.08. The van der Waals surface area contributed by atoms with Crippen molar-refractivity contribution >= 4 is 27.8 Å². The standard InChI is InChI=1S/C18H18N2O7S/c1-8-11(15(18(24)25)20-14(8)13(9(2)21)17(20)23)7-19-16(22)10-5-3-4-6-12(10)28(19,26)27/h3-6,8-9,13-14,21H,7H2,1-2H3,(H,24,25)/t8-,9+,13+,14+/m0/s1. The maximum Gasteiger partial charge on any atom is 0.352 e. The van der Waals surface area contributed by atoms with Crippen molar-refractivity contribution in [2.75, 3.05) is 6.54 Å². The average molecular weight is 406 g/mol. The van der Waals surface area contributed by atoms with Crippen LogP contribution >= 0.6 is 0 Å². The molecule has 2 amide bonds. The normalized spacial score (nSPS) is 28.9. The van der Waals surface area contributed by atoms with Crippen LogP contribution in [0.4, 0.5) is 0 Å². The van der Waals surface area contributed by atoms with Crippen LogP contribution in [0, 0.1) is 11.8 Å². The van der Waals surface area contributed by atoms with Gasteiger partial charge >= 0.3 is 5.97 Å². The number of hydrogen-bond acceptors (Lipinski definition) is 6. The van der Waals surface area contributed by atoms with Crippen molar-refractivity contribution in [1.29, 1.82) is 0 Å². The lowest BCUT2D eigenvalue weighted by Crippen LogP contribution is -2.63. The molecule has 28 heavy (non-hydrogen) atoms. The second-order valence-electron chi connectivity index (χ2n) is 7.25. The fourth-order valence-electron chi connectivity index (χ4n) is 4.40. The highest BCUT2D eigenvalue weighted by atomic mass is 32.2. The van der Waals surface area contributed by atoms with Gasteiger partial charge in [-0.1, -0.05) is 19.1 Å². The van der Waals surface area contributed by atoms with E-state index < -0.39 is 58.3 Å². The number of carboxylic acids is 1. The van der Waals surface area contributed by atoms with Gasteiger partial charge < -0.3 is 15.1 Å². The maximum atomic E-state index is 12.8. The Morgan fingerprint density at radius 1 is 1.25 bits per heavy atom. The Bertz CT molecular complexity index is 1060. The van der Waals surface area contributed by atoms with Crippen molar-refractivity contribution in [2.45, 2.75) is 30.9 Å². The van der Waals surface area contributed by atoms with Crippen LogP contribution in [0.15, 0.2) is 40.4 Å². The number of rotatable bonds is 4. The first-order valence-electron chi connectivity index (χ1n) is 8.72. The van der Waals surface area contributed by atoms with E-state index in [1.807, 2.05) is 0 Å². The van der Waals surface area contributed by atoms with Gasteiger partial charge in [-0.2, -0.15) is 0 Å². The predicted molar refractivity (Wildman–Crippen MR) is 94.3 cm³/mol. The van der Waals surface area contributed by atoms with E-state index in [9.17, 15) is 33.0 Å². The quantitative estimate of drug-likeness (QED) is 0.674. The summed E-state index contributed by atoms with van der Waals surface area (Å²) in [6, 6.07) is 5.21. The lowest BCUT2D eigenvalue weighted by molar-refractivity contribution is -0.163. The number of aliphatic carboxylic acids is 1. The van der Waals surface area contributed by atoms with Crippen LogP contribution in [0.3, 0.4) is 0 Å². The largest absolute Gasteiger partial charge is 0.477 e. The number of aliphatic hydroxyl groups is 1. The van der Waals surface area contributed by atoms with E-state index in [0.717, 1.165) is 4.90 Å². The first kappa shape index (κ1) is 18.6. The van der Waals surface area contributed by atoms with Crippen LogP contribution in [0.2, 0.25) is 0 Å². The van der Waals surface area contributed by atoms with E-state index in [0.29, 0.717) is 4.31 Å². The Kier molecular flexibility index (Phi) is 3.92. The van der Waals surface area contributed by atoms with E-state index in [1.165, 1.54) is 25.1 Å². The van der Waals surface area contributed by atoms with Crippen LogP contribution in [0.25, 0.3) is 0 Å². The Morgan fingerprint density at radius 2 is 1.89 bits per heavy atom. The number of carboxylic acid groups (broad SMARTS) is 1. The summed E-state index contributed by atoms with van der Waals surface area (Å²) in [5, 5.41) is 19.5. The molecule has 1 aromatic carbocycles. The molecule has 10 heteroatoms. The molecule has 0 unspecified atom stereocenters. The summed E-state index contributed by atoms with van der Waals surface area (Å²) < 4.78 is 26.2.